The first-order valence-corrected chi connectivity index (χ1v) is 6.60. The molecule has 0 spiro atoms. The second kappa shape index (κ2) is 7.29. The van der Waals surface area contributed by atoms with E-state index >= 15 is 0 Å². The quantitative estimate of drug-likeness (QED) is 0.819. The second-order valence-electron chi connectivity index (χ2n) is 3.91. The minimum Gasteiger partial charge on any atom is -0.330 e. The normalized spacial score (nSPS) is 12.2. The van der Waals surface area contributed by atoms with E-state index in [9.17, 15) is 9.18 Å². The Morgan fingerprint density at radius 2 is 2.35 bits per heavy atom. The maximum atomic E-state index is 12.9. The van der Waals surface area contributed by atoms with E-state index in [0.717, 1.165) is 5.75 Å². The molecule has 0 heterocycles. The minimum absolute atomic E-state index is 0.121. The molecule has 0 saturated carbocycles. The van der Waals surface area contributed by atoms with Crippen molar-refractivity contribution in [2.45, 2.75) is 6.92 Å². The van der Waals surface area contributed by atoms with Crippen molar-refractivity contribution in [1.82, 2.24) is 0 Å². The number of hydrogen-bond donors (Lipinski definition) is 2. The van der Waals surface area contributed by atoms with E-state index in [1.165, 1.54) is 23.9 Å². The van der Waals surface area contributed by atoms with Crippen LogP contribution in [-0.2, 0) is 4.79 Å². The zero-order valence-electron chi connectivity index (χ0n) is 9.78. The second-order valence-corrected chi connectivity index (χ2v) is 4.94. The molecule has 1 atom stereocenters. The summed E-state index contributed by atoms with van der Waals surface area (Å²) < 4.78 is 12.9. The fraction of sp³-hybridized carbons (Fsp3) is 0.417. The average molecular weight is 256 g/mol. The molecule has 1 aromatic rings. The molecule has 5 heteroatoms. The predicted molar refractivity (Wildman–Crippen MR) is 70.6 cm³/mol. The van der Waals surface area contributed by atoms with Gasteiger partial charge < -0.3 is 11.1 Å². The molecule has 1 aromatic carbocycles. The van der Waals surface area contributed by atoms with Gasteiger partial charge in [-0.2, -0.15) is 11.8 Å². The van der Waals surface area contributed by atoms with Crippen LogP contribution < -0.4 is 11.1 Å². The van der Waals surface area contributed by atoms with Crippen LogP contribution in [0.3, 0.4) is 0 Å². The van der Waals surface area contributed by atoms with Gasteiger partial charge in [-0.25, -0.2) is 4.39 Å². The van der Waals surface area contributed by atoms with Crippen molar-refractivity contribution in [3.05, 3.63) is 30.1 Å². The Kier molecular flexibility index (Phi) is 6.00. The van der Waals surface area contributed by atoms with Crippen molar-refractivity contribution in [2.24, 2.45) is 11.7 Å². The van der Waals surface area contributed by atoms with Gasteiger partial charge in [0.2, 0.25) is 5.91 Å². The largest absolute Gasteiger partial charge is 0.330 e. The van der Waals surface area contributed by atoms with Gasteiger partial charge in [0, 0.05) is 5.69 Å². The van der Waals surface area contributed by atoms with Crippen LogP contribution >= 0.6 is 11.8 Å². The third-order valence-electron chi connectivity index (χ3n) is 2.15. The fourth-order valence-corrected chi connectivity index (χ4v) is 2.10. The van der Waals surface area contributed by atoms with E-state index in [4.69, 9.17) is 5.73 Å². The van der Waals surface area contributed by atoms with Crippen LogP contribution in [0.25, 0.3) is 0 Å². The zero-order valence-corrected chi connectivity index (χ0v) is 10.6. The lowest BCUT2D eigenvalue weighted by atomic mass is 10.2. The van der Waals surface area contributed by atoms with Crippen LogP contribution in [0.15, 0.2) is 24.3 Å². The number of rotatable bonds is 6. The molecular formula is C12H17FN2OS. The predicted octanol–water partition coefficient (Wildman–Crippen LogP) is 2.09. The Morgan fingerprint density at radius 1 is 1.59 bits per heavy atom. The first kappa shape index (κ1) is 14.0. The highest BCUT2D eigenvalue weighted by molar-refractivity contribution is 7.99. The van der Waals surface area contributed by atoms with Gasteiger partial charge in [0.25, 0.3) is 0 Å². The van der Waals surface area contributed by atoms with Gasteiger partial charge in [-0.05, 0) is 36.4 Å². The molecule has 0 fully saturated rings. The lowest BCUT2D eigenvalue weighted by Gasteiger charge is -2.08. The van der Waals surface area contributed by atoms with Gasteiger partial charge in [-0.3, -0.25) is 4.79 Å². The molecular weight excluding hydrogens is 239 g/mol. The molecule has 0 aliphatic heterocycles. The topological polar surface area (TPSA) is 55.1 Å². The van der Waals surface area contributed by atoms with Crippen LogP contribution in [0, 0.1) is 11.7 Å². The van der Waals surface area contributed by atoms with Gasteiger partial charge in [0.05, 0.1) is 5.75 Å². The molecule has 0 aliphatic rings. The summed E-state index contributed by atoms with van der Waals surface area (Å²) in [5.74, 6) is 1.15. The van der Waals surface area contributed by atoms with Crippen molar-refractivity contribution in [2.75, 3.05) is 23.4 Å². The number of benzene rings is 1. The average Bonchev–Trinajstić information content (AvgIpc) is 2.28. The van der Waals surface area contributed by atoms with Gasteiger partial charge in [0.15, 0.2) is 0 Å². The smallest absolute Gasteiger partial charge is 0.234 e. The number of amides is 1. The Labute approximate surface area is 105 Å². The van der Waals surface area contributed by atoms with Crippen molar-refractivity contribution < 1.29 is 9.18 Å². The number of hydrogen-bond acceptors (Lipinski definition) is 3. The van der Waals surface area contributed by atoms with Crippen LogP contribution in [0.2, 0.25) is 0 Å². The van der Waals surface area contributed by atoms with Gasteiger partial charge in [-0.1, -0.05) is 13.0 Å². The van der Waals surface area contributed by atoms with E-state index in [1.807, 2.05) is 6.92 Å². The standard InChI is InChI=1S/C12H17FN2OS/c1-9(6-14)7-17-8-12(16)15-11-4-2-3-10(13)5-11/h2-5,9H,6-8,14H2,1H3,(H,15,16). The third-order valence-corrected chi connectivity index (χ3v) is 3.42. The number of carbonyl (C=O) groups excluding carboxylic acids is 1. The van der Waals surface area contributed by atoms with Gasteiger partial charge >= 0.3 is 0 Å². The summed E-state index contributed by atoms with van der Waals surface area (Å²) in [5, 5.41) is 2.64. The Hall–Kier alpha value is -1.07. The number of carbonyl (C=O) groups is 1. The van der Waals surface area contributed by atoms with Crippen molar-refractivity contribution >= 4 is 23.4 Å². The summed E-state index contributed by atoms with van der Waals surface area (Å²) in [7, 11) is 0. The number of anilines is 1. The molecule has 1 rings (SSSR count). The summed E-state index contributed by atoms with van der Waals surface area (Å²) >= 11 is 1.53. The molecule has 94 valence electrons. The molecule has 0 saturated heterocycles. The van der Waals surface area contributed by atoms with Crippen molar-refractivity contribution in [1.29, 1.82) is 0 Å². The summed E-state index contributed by atoms with van der Waals surface area (Å²) in [5.41, 5.74) is 5.96. The molecule has 0 radical (unpaired) electrons. The number of thioether (sulfide) groups is 1. The van der Waals surface area contributed by atoms with Crippen LogP contribution in [0.5, 0.6) is 0 Å². The maximum absolute atomic E-state index is 12.9. The maximum Gasteiger partial charge on any atom is 0.234 e. The highest BCUT2D eigenvalue weighted by atomic mass is 32.2. The fourth-order valence-electron chi connectivity index (χ4n) is 1.18. The van der Waals surface area contributed by atoms with Crippen LogP contribution in [0.4, 0.5) is 10.1 Å². The zero-order chi connectivity index (χ0) is 12.7. The van der Waals surface area contributed by atoms with Crippen molar-refractivity contribution in [3.63, 3.8) is 0 Å². The highest BCUT2D eigenvalue weighted by Crippen LogP contribution is 2.11. The Morgan fingerprint density at radius 3 is 3.00 bits per heavy atom. The molecule has 0 aliphatic carbocycles. The molecule has 0 aromatic heterocycles. The summed E-state index contributed by atoms with van der Waals surface area (Å²) in [6, 6.07) is 5.86. The SMILES string of the molecule is CC(CN)CSCC(=O)Nc1cccc(F)c1. The molecule has 0 bridgehead atoms. The minimum atomic E-state index is -0.354. The first-order chi connectivity index (χ1) is 8.11. The monoisotopic (exact) mass is 256 g/mol. The molecule has 1 unspecified atom stereocenters. The lowest BCUT2D eigenvalue weighted by Crippen LogP contribution is -2.17. The third kappa shape index (κ3) is 5.70. The number of nitrogens with one attached hydrogen (secondary N) is 1. The molecule has 1 amide bonds. The number of halogens is 1. The Bertz CT molecular complexity index is 373. The first-order valence-electron chi connectivity index (χ1n) is 5.45. The van der Waals surface area contributed by atoms with Gasteiger partial charge in [-0.15, -0.1) is 0 Å². The van der Waals surface area contributed by atoms with E-state index in [0.29, 0.717) is 23.9 Å². The molecule has 3 N–H and O–H groups in total. The van der Waals surface area contributed by atoms with Crippen LogP contribution in [-0.4, -0.2) is 24.0 Å². The highest BCUT2D eigenvalue weighted by Gasteiger charge is 2.05. The molecule has 3 nitrogen and oxygen atoms in total. The van der Waals surface area contributed by atoms with Crippen LogP contribution in [0.1, 0.15) is 6.92 Å². The lowest BCUT2D eigenvalue weighted by molar-refractivity contribution is -0.113. The van der Waals surface area contributed by atoms with E-state index in [1.54, 1.807) is 12.1 Å². The van der Waals surface area contributed by atoms with E-state index in [-0.39, 0.29) is 11.7 Å². The summed E-state index contributed by atoms with van der Waals surface area (Å²) in [6.45, 7) is 2.66. The van der Waals surface area contributed by atoms with Crippen molar-refractivity contribution in [3.8, 4) is 0 Å². The van der Waals surface area contributed by atoms with E-state index < -0.39 is 0 Å². The van der Waals surface area contributed by atoms with E-state index in [2.05, 4.69) is 5.32 Å². The number of nitrogens with two attached hydrogens (primary N) is 1. The Balaban J connectivity index is 2.30. The van der Waals surface area contributed by atoms with Gasteiger partial charge in [0.1, 0.15) is 5.82 Å². The summed E-state index contributed by atoms with van der Waals surface area (Å²) in [4.78, 5) is 11.5. The molecule has 17 heavy (non-hydrogen) atoms. The summed E-state index contributed by atoms with van der Waals surface area (Å²) in [6.07, 6.45) is 0.